The van der Waals surface area contributed by atoms with Gasteiger partial charge in [-0.3, -0.25) is 14.8 Å². The zero-order valence-corrected chi connectivity index (χ0v) is 16.9. The molecule has 1 atom stereocenters. The Bertz CT molecular complexity index is 1070. The van der Waals surface area contributed by atoms with Gasteiger partial charge in [0.2, 0.25) is 0 Å². The molecule has 29 heavy (non-hydrogen) atoms. The number of carbonyl (C=O) groups excluding carboxylic acids is 1. The smallest absolute Gasteiger partial charge is 0.287 e. The zero-order chi connectivity index (χ0) is 20.2. The molecule has 0 radical (unpaired) electrons. The molecule has 2 N–H and O–H groups in total. The van der Waals surface area contributed by atoms with Crippen LogP contribution in [0.3, 0.4) is 0 Å². The average Bonchev–Trinajstić information content (AvgIpc) is 3.47. The van der Waals surface area contributed by atoms with Crippen molar-refractivity contribution in [1.82, 2.24) is 25.4 Å². The topological polar surface area (TPSA) is 100 Å². The molecule has 8 nitrogen and oxygen atoms in total. The highest BCUT2D eigenvalue weighted by molar-refractivity contribution is 7.98. The Hall–Kier alpha value is -3.04. The number of hydrogen-bond donors (Lipinski definition) is 2. The number of likely N-dealkylation sites (N-methyl/N-ethyl adjacent to an activating group) is 1. The van der Waals surface area contributed by atoms with E-state index >= 15 is 0 Å². The second-order valence-corrected chi connectivity index (χ2v) is 7.65. The van der Waals surface area contributed by atoms with Crippen molar-refractivity contribution in [2.45, 2.75) is 17.0 Å². The zero-order valence-electron chi connectivity index (χ0n) is 16.1. The summed E-state index contributed by atoms with van der Waals surface area (Å²) in [6.07, 6.45) is 3.09. The first-order valence-electron chi connectivity index (χ1n) is 9.10. The van der Waals surface area contributed by atoms with Gasteiger partial charge in [-0.1, -0.05) is 30.0 Å². The Kier molecular flexibility index (Phi) is 5.68. The highest BCUT2D eigenvalue weighted by atomic mass is 32.2. The number of furan rings is 2. The number of H-pyrrole nitrogens is 1. The Morgan fingerprint density at radius 2 is 2.14 bits per heavy atom. The van der Waals surface area contributed by atoms with Crippen LogP contribution >= 0.6 is 11.8 Å². The van der Waals surface area contributed by atoms with E-state index in [2.05, 4.69) is 20.5 Å². The van der Waals surface area contributed by atoms with Crippen molar-refractivity contribution in [1.29, 1.82) is 0 Å². The Morgan fingerprint density at radius 3 is 2.86 bits per heavy atom. The van der Waals surface area contributed by atoms with Crippen molar-refractivity contribution in [2.24, 2.45) is 0 Å². The van der Waals surface area contributed by atoms with E-state index in [9.17, 15) is 4.79 Å². The first-order chi connectivity index (χ1) is 14.1. The number of amides is 1. The molecule has 0 fully saturated rings. The molecule has 0 aliphatic carbocycles. The van der Waals surface area contributed by atoms with Crippen molar-refractivity contribution >= 4 is 28.6 Å². The maximum absolute atomic E-state index is 13.0. The van der Waals surface area contributed by atoms with Crippen LogP contribution in [-0.4, -0.2) is 46.6 Å². The van der Waals surface area contributed by atoms with Gasteiger partial charge < -0.3 is 14.2 Å². The van der Waals surface area contributed by atoms with Gasteiger partial charge in [-0.05, 0) is 32.3 Å². The number of carbonyl (C=O) groups is 1. The minimum Gasteiger partial charge on any atom is -0.468 e. The van der Waals surface area contributed by atoms with E-state index in [0.717, 1.165) is 16.7 Å². The van der Waals surface area contributed by atoms with E-state index < -0.39 is 0 Å². The van der Waals surface area contributed by atoms with Crippen LogP contribution in [0.2, 0.25) is 0 Å². The molecular formula is C20H21N5O3S. The molecule has 0 unspecified atom stereocenters. The molecule has 4 aromatic rings. The number of aromatic nitrogens is 3. The fourth-order valence-corrected chi connectivity index (χ4v) is 3.92. The summed E-state index contributed by atoms with van der Waals surface area (Å²) in [6.45, 7) is 0.394. The summed E-state index contributed by atoms with van der Waals surface area (Å²) in [5, 5.41) is 11.3. The Labute approximate surface area is 171 Å². The monoisotopic (exact) mass is 411 g/mol. The van der Waals surface area contributed by atoms with Gasteiger partial charge in [0.05, 0.1) is 12.3 Å². The van der Waals surface area contributed by atoms with E-state index in [0.29, 0.717) is 28.8 Å². The largest absolute Gasteiger partial charge is 0.468 e. The number of benzene rings is 1. The molecule has 0 spiro atoms. The maximum atomic E-state index is 13.0. The van der Waals surface area contributed by atoms with Crippen LogP contribution < -0.4 is 5.32 Å². The summed E-state index contributed by atoms with van der Waals surface area (Å²) < 4.78 is 11.4. The van der Waals surface area contributed by atoms with Gasteiger partial charge >= 0.3 is 0 Å². The molecule has 3 heterocycles. The molecule has 3 aromatic heterocycles. The summed E-state index contributed by atoms with van der Waals surface area (Å²) in [6, 6.07) is 11.3. The summed E-state index contributed by atoms with van der Waals surface area (Å²) in [4.78, 5) is 19.1. The van der Waals surface area contributed by atoms with Crippen LogP contribution in [0.5, 0.6) is 0 Å². The highest BCUT2D eigenvalue weighted by Crippen LogP contribution is 2.31. The molecule has 0 bridgehead atoms. The minimum atomic E-state index is -0.257. The van der Waals surface area contributed by atoms with Crippen LogP contribution in [0.4, 0.5) is 0 Å². The third-order valence-corrected chi connectivity index (χ3v) is 5.50. The van der Waals surface area contributed by atoms with Crippen LogP contribution in [0.15, 0.2) is 63.0 Å². The van der Waals surface area contributed by atoms with Crippen LogP contribution in [0, 0.1) is 0 Å². The molecule has 9 heteroatoms. The predicted octanol–water partition coefficient (Wildman–Crippen LogP) is 3.47. The van der Waals surface area contributed by atoms with Gasteiger partial charge in [0, 0.05) is 23.2 Å². The van der Waals surface area contributed by atoms with E-state index in [4.69, 9.17) is 8.83 Å². The highest BCUT2D eigenvalue weighted by Gasteiger charge is 2.23. The molecule has 0 saturated carbocycles. The van der Waals surface area contributed by atoms with Gasteiger partial charge in [0.1, 0.15) is 17.7 Å². The van der Waals surface area contributed by atoms with Gasteiger partial charge in [-0.15, -0.1) is 0 Å². The normalized spacial score (nSPS) is 12.5. The standard InChI is InChI=1S/C20H21N5O3S/c1-25(2)15(17-8-5-9-27-17)10-21-19(26)18-14(11-29-20-22-12-23-24-20)13-6-3-4-7-16(13)28-18/h3-9,12,15H,10-11H2,1-2H3,(H,21,26)(H,22,23,24)/t15-/m1/s1. The first-order valence-corrected chi connectivity index (χ1v) is 10.1. The lowest BCUT2D eigenvalue weighted by atomic mass is 10.1. The molecule has 4 rings (SSSR count). The second kappa shape index (κ2) is 8.54. The van der Waals surface area contributed by atoms with E-state index in [1.807, 2.05) is 55.4 Å². The van der Waals surface area contributed by atoms with E-state index in [1.54, 1.807) is 6.26 Å². The fraction of sp³-hybridized carbons (Fsp3) is 0.250. The number of fused-ring (bicyclic) bond motifs is 1. The SMILES string of the molecule is CN(C)[C@H](CNC(=O)c1oc2ccccc2c1CSc1ncn[nH]1)c1ccco1. The van der Waals surface area contributed by atoms with Crippen LogP contribution in [-0.2, 0) is 5.75 Å². The Balaban J connectivity index is 1.55. The third-order valence-electron chi connectivity index (χ3n) is 4.60. The number of hydrogen-bond acceptors (Lipinski definition) is 7. The lowest BCUT2D eigenvalue weighted by Crippen LogP contribution is -2.34. The number of thioether (sulfide) groups is 1. The summed E-state index contributed by atoms with van der Waals surface area (Å²) in [7, 11) is 3.89. The number of rotatable bonds is 8. The van der Waals surface area contributed by atoms with Gasteiger partial charge in [0.15, 0.2) is 10.9 Å². The summed E-state index contributed by atoms with van der Waals surface area (Å²) in [5.74, 6) is 1.38. The lowest BCUT2D eigenvalue weighted by Gasteiger charge is -2.22. The molecule has 0 aliphatic rings. The lowest BCUT2D eigenvalue weighted by molar-refractivity contribution is 0.0912. The maximum Gasteiger partial charge on any atom is 0.287 e. The van der Waals surface area contributed by atoms with Crippen molar-refractivity contribution in [3.63, 3.8) is 0 Å². The van der Waals surface area contributed by atoms with Gasteiger partial charge in [-0.25, -0.2) is 4.98 Å². The predicted molar refractivity (Wildman–Crippen MR) is 110 cm³/mol. The van der Waals surface area contributed by atoms with Crippen LogP contribution in [0.25, 0.3) is 11.0 Å². The van der Waals surface area contributed by atoms with Gasteiger partial charge in [-0.2, -0.15) is 5.10 Å². The van der Waals surface area contributed by atoms with Gasteiger partial charge in [0.25, 0.3) is 5.91 Å². The van der Waals surface area contributed by atoms with Crippen molar-refractivity contribution in [3.05, 3.63) is 66.1 Å². The quantitative estimate of drug-likeness (QED) is 0.428. The number of nitrogens with one attached hydrogen (secondary N) is 2. The van der Waals surface area contributed by atoms with Crippen molar-refractivity contribution in [2.75, 3.05) is 20.6 Å². The molecular weight excluding hydrogens is 390 g/mol. The fourth-order valence-electron chi connectivity index (χ4n) is 3.12. The summed E-state index contributed by atoms with van der Waals surface area (Å²) >= 11 is 1.47. The number of nitrogens with zero attached hydrogens (tertiary/aromatic N) is 3. The van der Waals surface area contributed by atoms with Crippen molar-refractivity contribution < 1.29 is 13.6 Å². The van der Waals surface area contributed by atoms with E-state index in [1.165, 1.54) is 18.1 Å². The molecule has 1 amide bonds. The molecule has 150 valence electrons. The molecule has 1 aromatic carbocycles. The minimum absolute atomic E-state index is 0.0784. The van der Waals surface area contributed by atoms with E-state index in [-0.39, 0.29) is 11.9 Å². The number of para-hydroxylation sites is 1. The number of aromatic amines is 1. The van der Waals surface area contributed by atoms with Crippen LogP contribution in [0.1, 0.15) is 27.9 Å². The average molecular weight is 411 g/mol. The summed E-state index contributed by atoms with van der Waals surface area (Å²) in [5.41, 5.74) is 1.51. The second-order valence-electron chi connectivity index (χ2n) is 6.69. The van der Waals surface area contributed by atoms with Crippen molar-refractivity contribution in [3.8, 4) is 0 Å². The Morgan fingerprint density at radius 1 is 1.28 bits per heavy atom. The molecule has 0 saturated heterocycles. The first kappa shape index (κ1) is 19.3. The third kappa shape index (κ3) is 4.20. The molecule has 0 aliphatic heterocycles.